The van der Waals surface area contributed by atoms with Gasteiger partial charge in [0.05, 0.1) is 0 Å². The molecule has 1 heteroatoms. The molecule has 0 spiro atoms. The molecule has 0 N–H and O–H groups in total. The third-order valence-electron chi connectivity index (χ3n) is 4.53. The van der Waals surface area contributed by atoms with Crippen molar-refractivity contribution in [2.24, 2.45) is 5.41 Å². The van der Waals surface area contributed by atoms with E-state index in [1.807, 2.05) is 0 Å². The number of hydrogen-bond acceptors (Lipinski definition) is 1. The lowest BCUT2D eigenvalue weighted by molar-refractivity contribution is -0.123. The van der Waals surface area contributed by atoms with Gasteiger partial charge < -0.3 is 0 Å². The summed E-state index contributed by atoms with van der Waals surface area (Å²) in [6.45, 7) is 1.78. The molecule has 0 bridgehead atoms. The Morgan fingerprint density at radius 2 is 2.06 bits per heavy atom. The average molecular weight is 214 g/mol. The minimum Gasteiger partial charge on any atom is -0.299 e. The number of benzene rings is 1. The molecule has 16 heavy (non-hydrogen) atoms. The first-order valence-electron chi connectivity index (χ1n) is 6.33. The Labute approximate surface area is 96.9 Å². The Morgan fingerprint density at radius 1 is 1.31 bits per heavy atom. The van der Waals surface area contributed by atoms with E-state index >= 15 is 0 Å². The highest BCUT2D eigenvalue weighted by Crippen LogP contribution is 2.59. The van der Waals surface area contributed by atoms with Gasteiger partial charge in [-0.3, -0.25) is 4.79 Å². The lowest BCUT2D eigenvalue weighted by Crippen LogP contribution is -2.25. The maximum Gasteiger partial charge on any atom is 0.136 e. The van der Waals surface area contributed by atoms with E-state index in [1.54, 1.807) is 6.92 Å². The molecule has 1 aromatic rings. The van der Waals surface area contributed by atoms with Crippen LogP contribution in [-0.4, -0.2) is 5.78 Å². The molecule has 1 unspecified atom stereocenters. The van der Waals surface area contributed by atoms with Crippen LogP contribution in [0.1, 0.15) is 49.7 Å². The molecule has 1 fully saturated rings. The first-order chi connectivity index (χ1) is 7.74. The predicted molar refractivity (Wildman–Crippen MR) is 64.5 cm³/mol. The van der Waals surface area contributed by atoms with Crippen molar-refractivity contribution in [3.8, 4) is 0 Å². The molecule has 0 saturated heterocycles. The molecule has 0 aromatic heterocycles. The largest absolute Gasteiger partial charge is 0.299 e. The number of carbonyl (C=O) groups is 1. The summed E-state index contributed by atoms with van der Waals surface area (Å²) in [7, 11) is 0. The van der Waals surface area contributed by atoms with E-state index in [2.05, 4.69) is 24.3 Å². The number of ketones is 1. The normalized spacial score (nSPS) is 25.9. The summed E-state index contributed by atoms with van der Waals surface area (Å²) in [5, 5.41) is 0. The van der Waals surface area contributed by atoms with E-state index in [-0.39, 0.29) is 5.41 Å². The molecule has 1 saturated carbocycles. The van der Waals surface area contributed by atoms with Crippen molar-refractivity contribution in [1.29, 1.82) is 0 Å². The highest BCUT2D eigenvalue weighted by Gasteiger charge is 2.54. The zero-order valence-corrected chi connectivity index (χ0v) is 9.83. The summed E-state index contributed by atoms with van der Waals surface area (Å²) in [6.07, 6.45) is 5.87. The second-order valence-electron chi connectivity index (χ2n) is 5.36. The van der Waals surface area contributed by atoms with Gasteiger partial charge >= 0.3 is 0 Å². The summed E-state index contributed by atoms with van der Waals surface area (Å²) in [4.78, 5) is 11.8. The van der Waals surface area contributed by atoms with E-state index in [0.717, 1.165) is 12.8 Å². The van der Waals surface area contributed by atoms with Crippen molar-refractivity contribution in [2.75, 3.05) is 0 Å². The van der Waals surface area contributed by atoms with Crippen LogP contribution in [0.2, 0.25) is 0 Å². The van der Waals surface area contributed by atoms with E-state index in [1.165, 1.54) is 30.4 Å². The molecule has 0 radical (unpaired) electrons. The zero-order valence-electron chi connectivity index (χ0n) is 9.83. The monoisotopic (exact) mass is 214 g/mol. The molecular weight excluding hydrogens is 196 g/mol. The van der Waals surface area contributed by atoms with E-state index in [4.69, 9.17) is 0 Å². The van der Waals surface area contributed by atoms with Crippen LogP contribution < -0.4 is 0 Å². The van der Waals surface area contributed by atoms with Gasteiger partial charge in [0.1, 0.15) is 5.78 Å². The average Bonchev–Trinajstić information content (AvgIpc) is 3.09. The SMILES string of the molecule is CC(=O)C1(C2CCCc3ccccc32)CC1. The van der Waals surface area contributed by atoms with Crippen LogP contribution in [0.25, 0.3) is 0 Å². The standard InChI is InChI=1S/C15H18O/c1-11(16)15(9-10-15)14-8-4-6-12-5-2-3-7-13(12)14/h2-3,5,7,14H,4,6,8-10H2,1H3. The number of rotatable bonds is 2. The number of Topliss-reactive ketones (excluding diaryl/α,β-unsaturated/α-hetero) is 1. The molecule has 0 amide bonds. The number of carbonyl (C=O) groups excluding carboxylic acids is 1. The third-order valence-corrected chi connectivity index (χ3v) is 4.53. The van der Waals surface area contributed by atoms with E-state index < -0.39 is 0 Å². The van der Waals surface area contributed by atoms with Gasteiger partial charge in [-0.15, -0.1) is 0 Å². The summed E-state index contributed by atoms with van der Waals surface area (Å²) in [5.41, 5.74) is 2.96. The maximum absolute atomic E-state index is 11.8. The van der Waals surface area contributed by atoms with Gasteiger partial charge in [0.15, 0.2) is 0 Å². The Kier molecular flexibility index (Phi) is 2.17. The van der Waals surface area contributed by atoms with Gasteiger partial charge in [0.25, 0.3) is 0 Å². The molecular formula is C15H18O. The molecule has 3 rings (SSSR count). The van der Waals surface area contributed by atoms with E-state index in [0.29, 0.717) is 11.7 Å². The van der Waals surface area contributed by atoms with Crippen LogP contribution in [0.15, 0.2) is 24.3 Å². The molecule has 1 aromatic carbocycles. The van der Waals surface area contributed by atoms with Gasteiger partial charge in [0.2, 0.25) is 0 Å². The highest BCUT2D eigenvalue weighted by atomic mass is 16.1. The van der Waals surface area contributed by atoms with Crippen molar-refractivity contribution in [2.45, 2.75) is 44.9 Å². The summed E-state index contributed by atoms with van der Waals surface area (Å²) in [6, 6.07) is 8.71. The quantitative estimate of drug-likeness (QED) is 0.736. The lowest BCUT2D eigenvalue weighted by Gasteiger charge is -2.31. The van der Waals surface area contributed by atoms with Crippen LogP contribution in [0.4, 0.5) is 0 Å². The smallest absolute Gasteiger partial charge is 0.136 e. The molecule has 84 valence electrons. The zero-order chi connectivity index (χ0) is 11.2. The van der Waals surface area contributed by atoms with Crippen LogP contribution in [-0.2, 0) is 11.2 Å². The minimum atomic E-state index is 0.0243. The van der Waals surface area contributed by atoms with Crippen molar-refractivity contribution in [3.63, 3.8) is 0 Å². The Bertz CT molecular complexity index is 429. The van der Waals surface area contributed by atoms with Gasteiger partial charge in [-0.25, -0.2) is 0 Å². The van der Waals surface area contributed by atoms with Crippen LogP contribution in [0.5, 0.6) is 0 Å². The van der Waals surface area contributed by atoms with Crippen molar-refractivity contribution in [3.05, 3.63) is 35.4 Å². The fourth-order valence-corrected chi connectivity index (χ4v) is 3.41. The van der Waals surface area contributed by atoms with Crippen molar-refractivity contribution < 1.29 is 4.79 Å². The van der Waals surface area contributed by atoms with Gasteiger partial charge in [0, 0.05) is 5.41 Å². The highest BCUT2D eigenvalue weighted by molar-refractivity contribution is 5.86. The van der Waals surface area contributed by atoms with Gasteiger partial charge in [-0.2, -0.15) is 0 Å². The number of hydrogen-bond donors (Lipinski definition) is 0. The number of fused-ring (bicyclic) bond motifs is 1. The van der Waals surface area contributed by atoms with Crippen molar-refractivity contribution in [1.82, 2.24) is 0 Å². The maximum atomic E-state index is 11.8. The first-order valence-corrected chi connectivity index (χ1v) is 6.33. The molecule has 2 aliphatic carbocycles. The number of aryl methyl sites for hydroxylation is 1. The molecule has 1 atom stereocenters. The molecule has 2 aliphatic rings. The second kappa shape index (κ2) is 3.44. The minimum absolute atomic E-state index is 0.0243. The molecule has 0 aliphatic heterocycles. The van der Waals surface area contributed by atoms with Gasteiger partial charge in [-0.05, 0) is 56.1 Å². The predicted octanol–water partition coefficient (Wildman–Crippen LogP) is 3.48. The second-order valence-corrected chi connectivity index (χ2v) is 5.36. The third kappa shape index (κ3) is 1.34. The van der Waals surface area contributed by atoms with Crippen LogP contribution >= 0.6 is 0 Å². The Morgan fingerprint density at radius 3 is 2.75 bits per heavy atom. The topological polar surface area (TPSA) is 17.1 Å². The summed E-state index contributed by atoms with van der Waals surface area (Å²) >= 11 is 0. The lowest BCUT2D eigenvalue weighted by atomic mass is 9.72. The summed E-state index contributed by atoms with van der Waals surface area (Å²) in [5.74, 6) is 0.921. The van der Waals surface area contributed by atoms with Crippen LogP contribution in [0, 0.1) is 5.41 Å². The summed E-state index contributed by atoms with van der Waals surface area (Å²) < 4.78 is 0. The molecule has 0 heterocycles. The molecule has 1 nitrogen and oxygen atoms in total. The van der Waals surface area contributed by atoms with Gasteiger partial charge in [-0.1, -0.05) is 24.3 Å². The van der Waals surface area contributed by atoms with Crippen LogP contribution in [0.3, 0.4) is 0 Å². The Balaban J connectivity index is 2.02. The fraction of sp³-hybridized carbons (Fsp3) is 0.533. The fourth-order valence-electron chi connectivity index (χ4n) is 3.41. The van der Waals surface area contributed by atoms with E-state index in [9.17, 15) is 4.79 Å². The Hall–Kier alpha value is -1.11. The first kappa shape index (κ1) is 10.1. The van der Waals surface area contributed by atoms with Crippen molar-refractivity contribution >= 4 is 5.78 Å².